The molecule has 2 aromatic carbocycles. The molecule has 1 N–H and O–H groups in total. The van der Waals surface area contributed by atoms with Crippen molar-refractivity contribution in [2.45, 2.75) is 18.9 Å². The van der Waals surface area contributed by atoms with E-state index in [1.54, 1.807) is 31.3 Å². The molecule has 2 aliphatic heterocycles. The van der Waals surface area contributed by atoms with E-state index in [1.807, 2.05) is 24.3 Å². The van der Waals surface area contributed by atoms with Crippen LogP contribution in [0.2, 0.25) is 0 Å². The van der Waals surface area contributed by atoms with Crippen LogP contribution in [0.25, 0.3) is 0 Å². The van der Waals surface area contributed by atoms with Gasteiger partial charge in [0, 0.05) is 43.7 Å². The lowest BCUT2D eigenvalue weighted by Crippen LogP contribution is -2.36. The number of ether oxygens (including phenoxy) is 3. The summed E-state index contributed by atoms with van der Waals surface area (Å²) >= 11 is 0. The molecule has 0 spiro atoms. The Kier molecular flexibility index (Phi) is 7.80. The quantitative estimate of drug-likeness (QED) is 0.662. The van der Waals surface area contributed by atoms with Gasteiger partial charge >= 0.3 is 0 Å². The number of carbonyl (C=O) groups is 2. The van der Waals surface area contributed by atoms with Gasteiger partial charge in [-0.1, -0.05) is 0 Å². The molecule has 2 saturated heterocycles. The lowest BCUT2D eigenvalue weighted by atomic mass is 10.2. The van der Waals surface area contributed by atoms with E-state index in [9.17, 15) is 9.59 Å². The molecular weight excluding hydrogens is 422 g/mol. The van der Waals surface area contributed by atoms with Crippen LogP contribution in [0.5, 0.6) is 5.75 Å². The summed E-state index contributed by atoms with van der Waals surface area (Å²) in [5.41, 5.74) is 2.31. The first-order valence-corrected chi connectivity index (χ1v) is 11.4. The van der Waals surface area contributed by atoms with Crippen molar-refractivity contribution in [1.82, 2.24) is 4.90 Å². The summed E-state index contributed by atoms with van der Waals surface area (Å²) in [6.07, 6.45) is 2.23. The summed E-state index contributed by atoms with van der Waals surface area (Å²) < 4.78 is 16.7. The lowest BCUT2D eigenvalue weighted by Gasteiger charge is -2.28. The largest absolute Gasteiger partial charge is 0.491 e. The minimum absolute atomic E-state index is 0.0404. The van der Waals surface area contributed by atoms with Gasteiger partial charge in [0.1, 0.15) is 12.4 Å². The molecule has 2 fully saturated rings. The molecule has 0 radical (unpaired) electrons. The topological polar surface area (TPSA) is 80.3 Å². The number of nitrogens with one attached hydrogen (secondary N) is 1. The van der Waals surface area contributed by atoms with Crippen LogP contribution in [0.15, 0.2) is 48.5 Å². The van der Waals surface area contributed by atoms with Gasteiger partial charge in [0.2, 0.25) is 5.91 Å². The van der Waals surface area contributed by atoms with E-state index in [4.69, 9.17) is 14.2 Å². The molecule has 1 atom stereocenters. The molecule has 0 bridgehead atoms. The Labute approximate surface area is 194 Å². The number of hydrogen-bond acceptors (Lipinski definition) is 6. The summed E-state index contributed by atoms with van der Waals surface area (Å²) in [5, 5.41) is 2.85. The fourth-order valence-electron chi connectivity index (χ4n) is 3.94. The zero-order chi connectivity index (χ0) is 23.0. The predicted molar refractivity (Wildman–Crippen MR) is 126 cm³/mol. The van der Waals surface area contributed by atoms with Gasteiger partial charge in [-0.2, -0.15) is 0 Å². The summed E-state index contributed by atoms with van der Waals surface area (Å²) in [6.45, 7) is 4.44. The number of amides is 2. The molecule has 2 aromatic rings. The maximum absolute atomic E-state index is 12.7. The molecule has 176 valence electrons. The second-order valence-electron chi connectivity index (χ2n) is 8.33. The number of benzene rings is 2. The molecule has 2 heterocycles. The van der Waals surface area contributed by atoms with Crippen molar-refractivity contribution >= 4 is 23.2 Å². The molecule has 2 aliphatic rings. The van der Waals surface area contributed by atoms with Crippen LogP contribution >= 0.6 is 0 Å². The van der Waals surface area contributed by atoms with Gasteiger partial charge in [-0.15, -0.1) is 0 Å². The highest BCUT2D eigenvalue weighted by Gasteiger charge is 2.18. The first-order chi connectivity index (χ1) is 16.1. The minimum Gasteiger partial charge on any atom is -0.491 e. The van der Waals surface area contributed by atoms with Crippen LogP contribution in [-0.2, 0) is 14.3 Å². The van der Waals surface area contributed by atoms with Crippen molar-refractivity contribution in [3.05, 3.63) is 54.1 Å². The Morgan fingerprint density at radius 1 is 1.06 bits per heavy atom. The highest BCUT2D eigenvalue weighted by atomic mass is 16.5. The van der Waals surface area contributed by atoms with Crippen LogP contribution in [0, 0.1) is 0 Å². The van der Waals surface area contributed by atoms with Gasteiger partial charge in [-0.25, -0.2) is 0 Å². The Morgan fingerprint density at radius 3 is 2.45 bits per heavy atom. The maximum Gasteiger partial charge on any atom is 0.254 e. The summed E-state index contributed by atoms with van der Waals surface area (Å²) in [5.74, 6) is 0.225. The van der Waals surface area contributed by atoms with E-state index >= 15 is 0 Å². The second kappa shape index (κ2) is 11.2. The molecule has 0 saturated carbocycles. The van der Waals surface area contributed by atoms with Gasteiger partial charge < -0.3 is 29.3 Å². The van der Waals surface area contributed by atoms with Crippen LogP contribution in [0.1, 0.15) is 23.2 Å². The van der Waals surface area contributed by atoms with Gasteiger partial charge in [-0.05, 0) is 61.4 Å². The lowest BCUT2D eigenvalue weighted by molar-refractivity contribution is -0.116. The number of morpholine rings is 1. The van der Waals surface area contributed by atoms with Crippen LogP contribution in [0.3, 0.4) is 0 Å². The number of anilines is 2. The number of hydrogen-bond donors (Lipinski definition) is 1. The molecule has 2 amide bonds. The first-order valence-electron chi connectivity index (χ1n) is 11.4. The van der Waals surface area contributed by atoms with E-state index in [0.29, 0.717) is 23.6 Å². The third-order valence-corrected chi connectivity index (χ3v) is 5.82. The molecular formula is C25H31N3O5. The van der Waals surface area contributed by atoms with Crippen molar-refractivity contribution < 1.29 is 23.8 Å². The number of rotatable bonds is 8. The highest BCUT2D eigenvalue weighted by Crippen LogP contribution is 2.20. The Balaban J connectivity index is 1.24. The Morgan fingerprint density at radius 2 is 1.79 bits per heavy atom. The van der Waals surface area contributed by atoms with Crippen molar-refractivity contribution in [3.8, 4) is 5.75 Å². The molecule has 4 rings (SSSR count). The zero-order valence-corrected chi connectivity index (χ0v) is 19.0. The monoisotopic (exact) mass is 453 g/mol. The molecule has 0 aromatic heterocycles. The Hall–Kier alpha value is -3.10. The van der Waals surface area contributed by atoms with Gasteiger partial charge in [0.05, 0.1) is 25.9 Å². The van der Waals surface area contributed by atoms with Crippen molar-refractivity contribution in [3.63, 3.8) is 0 Å². The summed E-state index contributed by atoms with van der Waals surface area (Å²) in [7, 11) is 1.62. The van der Waals surface area contributed by atoms with Crippen LogP contribution in [0.4, 0.5) is 11.4 Å². The van der Waals surface area contributed by atoms with Crippen LogP contribution in [-0.4, -0.2) is 75.9 Å². The average Bonchev–Trinajstić information content (AvgIpc) is 3.37. The fourth-order valence-corrected chi connectivity index (χ4v) is 3.94. The maximum atomic E-state index is 12.7. The third kappa shape index (κ3) is 6.46. The molecule has 8 nitrogen and oxygen atoms in total. The summed E-state index contributed by atoms with van der Waals surface area (Å²) in [4.78, 5) is 28.8. The minimum atomic E-state index is -0.249. The normalized spacial score (nSPS) is 18.1. The van der Waals surface area contributed by atoms with Crippen molar-refractivity contribution in [2.75, 3.05) is 63.3 Å². The van der Waals surface area contributed by atoms with E-state index in [-0.39, 0.29) is 24.5 Å². The first kappa shape index (κ1) is 23.1. The highest BCUT2D eigenvalue weighted by molar-refractivity contribution is 5.99. The Bertz CT molecular complexity index is 920. The smallest absolute Gasteiger partial charge is 0.254 e. The van der Waals surface area contributed by atoms with Gasteiger partial charge in [0.25, 0.3) is 5.91 Å². The van der Waals surface area contributed by atoms with Gasteiger partial charge in [0.15, 0.2) is 0 Å². The molecule has 33 heavy (non-hydrogen) atoms. The van der Waals surface area contributed by atoms with Crippen molar-refractivity contribution in [2.24, 2.45) is 0 Å². The summed E-state index contributed by atoms with van der Waals surface area (Å²) in [6, 6.07) is 14.7. The number of nitrogens with zero attached hydrogens (tertiary/aromatic N) is 2. The molecule has 8 heteroatoms. The standard InChI is InChI=1S/C25H31N3O5/c1-27(25(30)19-4-10-22(11-5-19)33-18-23-3-2-14-32-23)17-24(29)26-20-6-8-21(9-7-20)28-12-15-31-16-13-28/h4-11,23H,2-3,12-18H2,1H3,(H,26,29)/t23-/m0/s1. The SMILES string of the molecule is CN(CC(=O)Nc1ccc(N2CCOCC2)cc1)C(=O)c1ccc(OC[C@@H]2CCCO2)cc1. The second-order valence-corrected chi connectivity index (χ2v) is 8.33. The van der Waals surface area contributed by atoms with E-state index in [2.05, 4.69) is 10.2 Å². The fraction of sp³-hybridized carbons (Fsp3) is 0.440. The van der Waals surface area contributed by atoms with Crippen molar-refractivity contribution in [1.29, 1.82) is 0 Å². The number of carbonyl (C=O) groups excluding carboxylic acids is 2. The predicted octanol–water partition coefficient (Wildman–Crippen LogP) is 2.79. The molecule has 0 aliphatic carbocycles. The van der Waals surface area contributed by atoms with E-state index in [0.717, 1.165) is 51.4 Å². The third-order valence-electron chi connectivity index (χ3n) is 5.82. The van der Waals surface area contributed by atoms with E-state index in [1.165, 1.54) is 4.90 Å². The van der Waals surface area contributed by atoms with Crippen LogP contribution < -0.4 is 15.0 Å². The zero-order valence-electron chi connectivity index (χ0n) is 19.0. The van der Waals surface area contributed by atoms with E-state index < -0.39 is 0 Å². The van der Waals surface area contributed by atoms with Gasteiger partial charge in [-0.3, -0.25) is 9.59 Å². The molecule has 0 unspecified atom stereocenters. The average molecular weight is 454 g/mol. The number of likely N-dealkylation sites (N-methyl/N-ethyl adjacent to an activating group) is 1.